The molecule has 15 heteroatoms. The molecule has 1 unspecified atom stereocenters. The summed E-state index contributed by atoms with van der Waals surface area (Å²) in [5, 5.41) is 17.9. The van der Waals surface area contributed by atoms with Gasteiger partial charge in [-0.05, 0) is 143 Å². The summed E-state index contributed by atoms with van der Waals surface area (Å²) >= 11 is 0. The number of aliphatic hydroxyl groups excluding tert-OH is 1. The molecule has 2 aromatic heterocycles. The number of hydrogen-bond acceptors (Lipinski definition) is 10. The minimum absolute atomic E-state index is 0.0674. The van der Waals surface area contributed by atoms with Gasteiger partial charge in [-0.25, -0.2) is 19.6 Å². The van der Waals surface area contributed by atoms with E-state index in [1.165, 1.54) is 56.6 Å². The number of imidazole rings is 1. The van der Waals surface area contributed by atoms with Crippen LogP contribution < -0.4 is 16.2 Å². The van der Waals surface area contributed by atoms with Crippen LogP contribution in [0.4, 0.5) is 9.59 Å². The molecule has 0 bridgehead atoms. The molecule has 4 aliphatic carbocycles. The topological polar surface area (TPSA) is 195 Å². The molecule has 5 atom stereocenters. The number of fused-ring (bicyclic) bond motifs is 2. The minimum Gasteiger partial charge on any atom is -0.453 e. The third-order valence-corrected chi connectivity index (χ3v) is 17.5. The predicted octanol–water partition coefficient (Wildman–Crippen LogP) is 8.97. The predicted molar refractivity (Wildman–Crippen MR) is 270 cm³/mol. The number of methoxy groups -OCH3 is 2. The first-order valence-electron chi connectivity index (χ1n) is 25.9. The van der Waals surface area contributed by atoms with E-state index in [0.717, 1.165) is 85.1 Å². The summed E-state index contributed by atoms with van der Waals surface area (Å²) < 4.78 is 9.75. The lowest BCUT2D eigenvalue weighted by Crippen LogP contribution is -2.54. The summed E-state index contributed by atoms with van der Waals surface area (Å²) in [4.78, 5) is 73.3. The van der Waals surface area contributed by atoms with Crippen molar-refractivity contribution in [2.75, 3.05) is 27.3 Å². The first kappa shape index (κ1) is 47.3. The number of ether oxygens (including phenoxy) is 2. The summed E-state index contributed by atoms with van der Waals surface area (Å²) in [5.74, 6) is 1.01. The number of nitrogens with zero attached hydrogens (tertiary/aromatic N) is 4. The molecule has 4 heterocycles. The van der Waals surface area contributed by atoms with E-state index in [-0.39, 0.29) is 51.6 Å². The lowest BCUT2D eigenvalue weighted by Gasteiger charge is -2.36. The lowest BCUT2D eigenvalue weighted by molar-refractivity contribution is -0.135. The maximum absolute atomic E-state index is 14.2. The van der Waals surface area contributed by atoms with Crippen LogP contribution in [-0.4, -0.2) is 98.6 Å². The quantitative estimate of drug-likeness (QED) is 0.0806. The highest BCUT2D eigenvalue weighted by molar-refractivity contribution is 5.88. The highest BCUT2D eigenvalue weighted by Crippen LogP contribution is 2.60. The number of H-pyrrole nitrogens is 2. The van der Waals surface area contributed by atoms with Gasteiger partial charge in [-0.15, -0.1) is 0 Å². The molecular weight excluding hydrogens is 897 g/mol. The summed E-state index contributed by atoms with van der Waals surface area (Å²) in [6.45, 7) is 9.10. The van der Waals surface area contributed by atoms with Crippen LogP contribution >= 0.6 is 0 Å². The SMILES string of the molecule is COC(=O)N[C@@H](C(C)C)C(O)N1CC2(CC2)C[C@H]1c1nc2ccc(-c3ccc(-c4ccc(-c5cnc([C@@H]6CC7(CC7)CN6C(=O)[C@@H](NC(=O)OC)C(C)C)[nH]5)cc4)c4c3CC3(CCCC3)C4)cc2c(=O)[nH]1. The van der Waals surface area contributed by atoms with Gasteiger partial charge in [-0.2, -0.15) is 0 Å². The molecule has 71 heavy (non-hydrogen) atoms. The van der Waals surface area contributed by atoms with E-state index in [0.29, 0.717) is 29.8 Å². The van der Waals surface area contributed by atoms with E-state index >= 15 is 0 Å². The van der Waals surface area contributed by atoms with Crippen LogP contribution in [0.5, 0.6) is 0 Å². The number of aromatic amines is 2. The van der Waals surface area contributed by atoms with Crippen LogP contribution in [0.3, 0.4) is 0 Å². The first-order valence-corrected chi connectivity index (χ1v) is 25.9. The van der Waals surface area contributed by atoms with Crippen molar-refractivity contribution in [2.24, 2.45) is 28.1 Å². The number of carbonyl (C=O) groups excluding carboxylic acids is 3. The van der Waals surface area contributed by atoms with E-state index in [4.69, 9.17) is 19.4 Å². The molecule has 3 spiro atoms. The van der Waals surface area contributed by atoms with Crippen LogP contribution in [0.2, 0.25) is 0 Å². The van der Waals surface area contributed by atoms with E-state index < -0.39 is 30.5 Å². The molecule has 3 saturated carbocycles. The Bertz CT molecular complexity index is 2950. The standard InChI is InChI=1S/C56H68N8O7/c1-31(2)45(60-52(68)70-5)50(66)63-29-55(19-20-55)26-43(63)47-57-28-42(59-47)34-11-9-33(10-12-34)36-14-15-37(40-25-54(24-39(36)40)17-7-8-18-54)35-13-16-41-38(23-35)49(65)62-48(58-41)44-27-56(21-22-56)30-64(44)51(67)46(32(3)4)61-53(69)71-6/h9-16,23,28,31-32,43-46,51,67H,7-8,17-22,24-27,29-30H2,1-6H3,(H,57,59)(H,60,68)(H,61,69)(H,58,62,65)/t43-,44-,45-,46-,51?/m0/s1. The summed E-state index contributed by atoms with van der Waals surface area (Å²) in [5.41, 5.74) is 10.0. The third-order valence-electron chi connectivity index (χ3n) is 17.5. The second-order valence-corrected chi connectivity index (χ2v) is 22.9. The summed E-state index contributed by atoms with van der Waals surface area (Å²) in [6.07, 6.45) is 12.5. The Balaban J connectivity index is 0.863. The smallest absolute Gasteiger partial charge is 0.407 e. The normalized spacial score (nSPS) is 22.6. The fraction of sp³-hybridized carbons (Fsp3) is 0.536. The molecular formula is C56H68N8O7. The molecule has 6 aliphatic rings. The van der Waals surface area contributed by atoms with Crippen molar-refractivity contribution >= 4 is 29.0 Å². The zero-order valence-electron chi connectivity index (χ0n) is 41.9. The van der Waals surface area contributed by atoms with Crippen molar-refractivity contribution < 1.29 is 29.0 Å². The fourth-order valence-corrected chi connectivity index (χ4v) is 13.0. The van der Waals surface area contributed by atoms with E-state index in [1.54, 1.807) is 0 Å². The van der Waals surface area contributed by atoms with Gasteiger partial charge in [0, 0.05) is 13.1 Å². The monoisotopic (exact) mass is 965 g/mol. The van der Waals surface area contributed by atoms with Crippen LogP contribution in [0.25, 0.3) is 44.4 Å². The minimum atomic E-state index is -0.996. The van der Waals surface area contributed by atoms with Gasteiger partial charge >= 0.3 is 12.2 Å². The lowest BCUT2D eigenvalue weighted by atomic mass is 9.82. The van der Waals surface area contributed by atoms with Crippen LogP contribution in [0.15, 0.2) is 65.6 Å². The second kappa shape index (κ2) is 17.9. The maximum atomic E-state index is 14.2. The van der Waals surface area contributed by atoms with Crippen LogP contribution in [0.1, 0.15) is 127 Å². The average Bonchev–Trinajstić information content (AvgIpc) is 3.83. The number of rotatable bonds is 12. The van der Waals surface area contributed by atoms with Crippen molar-refractivity contribution in [1.29, 1.82) is 0 Å². The Labute approximate surface area is 414 Å². The van der Waals surface area contributed by atoms with Crippen molar-refractivity contribution in [3.8, 4) is 33.5 Å². The molecule has 2 saturated heterocycles. The van der Waals surface area contributed by atoms with Crippen LogP contribution in [-0.2, 0) is 27.1 Å². The summed E-state index contributed by atoms with van der Waals surface area (Å²) in [6, 6.07) is 17.5. The third kappa shape index (κ3) is 8.70. The number of likely N-dealkylation sites (tertiary alicyclic amines) is 2. The molecule has 0 radical (unpaired) electrons. The number of amides is 3. The molecule has 374 valence electrons. The molecule has 15 nitrogen and oxygen atoms in total. The molecule has 11 rings (SSSR count). The van der Waals surface area contributed by atoms with Gasteiger partial charge in [0.05, 0.1) is 55.1 Å². The average molecular weight is 965 g/mol. The molecule has 3 aromatic carbocycles. The van der Waals surface area contributed by atoms with Gasteiger partial charge in [0.2, 0.25) is 5.91 Å². The summed E-state index contributed by atoms with van der Waals surface area (Å²) in [7, 11) is 2.63. The highest BCUT2D eigenvalue weighted by Gasteiger charge is 2.56. The van der Waals surface area contributed by atoms with Gasteiger partial charge < -0.3 is 40.1 Å². The molecule has 5 fully saturated rings. The Morgan fingerprint density at radius 3 is 1.96 bits per heavy atom. The van der Waals surface area contributed by atoms with Gasteiger partial charge in [-0.1, -0.05) is 83.0 Å². The Morgan fingerprint density at radius 2 is 1.32 bits per heavy atom. The van der Waals surface area contributed by atoms with E-state index in [9.17, 15) is 24.3 Å². The van der Waals surface area contributed by atoms with Gasteiger partial charge in [-0.3, -0.25) is 14.5 Å². The molecule has 5 N–H and O–H groups in total. The number of benzene rings is 3. The highest BCUT2D eigenvalue weighted by atomic mass is 16.5. The Hall–Kier alpha value is -6.06. The molecule has 5 aromatic rings. The van der Waals surface area contributed by atoms with Crippen molar-refractivity contribution in [2.45, 2.75) is 135 Å². The van der Waals surface area contributed by atoms with Crippen molar-refractivity contribution in [1.82, 2.24) is 40.4 Å². The Morgan fingerprint density at radius 1 is 0.718 bits per heavy atom. The number of hydrogen-bond donors (Lipinski definition) is 5. The molecule has 2 aliphatic heterocycles. The number of aliphatic hydroxyl groups is 1. The maximum Gasteiger partial charge on any atom is 0.407 e. The first-order chi connectivity index (χ1) is 34.1. The number of aromatic nitrogens is 4. The second-order valence-electron chi connectivity index (χ2n) is 22.9. The van der Waals surface area contributed by atoms with Gasteiger partial charge in [0.1, 0.15) is 23.9 Å². The Kier molecular flexibility index (Phi) is 11.9. The zero-order chi connectivity index (χ0) is 49.6. The largest absolute Gasteiger partial charge is 0.453 e. The molecule has 3 amide bonds. The number of alkyl carbamates (subject to hydrolysis) is 2. The fourth-order valence-electron chi connectivity index (χ4n) is 13.0. The van der Waals surface area contributed by atoms with Crippen LogP contribution in [0, 0.1) is 28.1 Å². The zero-order valence-corrected chi connectivity index (χ0v) is 41.9. The number of carbonyl (C=O) groups is 3. The van der Waals surface area contributed by atoms with E-state index in [2.05, 4.69) is 63.1 Å². The van der Waals surface area contributed by atoms with E-state index in [1.807, 2.05) is 55.8 Å². The number of nitrogens with one attached hydrogen (secondary N) is 4. The van der Waals surface area contributed by atoms with Gasteiger partial charge in [0.15, 0.2) is 0 Å². The van der Waals surface area contributed by atoms with Crippen molar-refractivity contribution in [3.63, 3.8) is 0 Å². The van der Waals surface area contributed by atoms with Crippen molar-refractivity contribution in [3.05, 3.63) is 93.9 Å². The van der Waals surface area contributed by atoms with Gasteiger partial charge in [0.25, 0.3) is 5.56 Å².